The lowest BCUT2D eigenvalue weighted by Gasteiger charge is -2.16. The average Bonchev–Trinajstić information content (AvgIpc) is 2.61. The summed E-state index contributed by atoms with van der Waals surface area (Å²) < 4.78 is 1.86. The van der Waals surface area contributed by atoms with Gasteiger partial charge in [-0.05, 0) is 43.5 Å². The van der Waals surface area contributed by atoms with E-state index in [1.165, 1.54) is 16.7 Å². The largest absolute Gasteiger partial charge is 0.319 e. The molecule has 1 atom stereocenters. The summed E-state index contributed by atoms with van der Waals surface area (Å²) in [6.07, 6.45) is 0. The molecule has 1 unspecified atom stereocenters. The van der Waals surface area contributed by atoms with Gasteiger partial charge in [0.1, 0.15) is 0 Å². The molecule has 2 aromatic rings. The molecule has 1 heterocycles. The molecule has 0 aliphatic heterocycles. The van der Waals surface area contributed by atoms with Gasteiger partial charge in [0.05, 0.1) is 17.4 Å². The fourth-order valence-corrected chi connectivity index (χ4v) is 2.19. The normalized spacial score (nSPS) is 12.8. The maximum absolute atomic E-state index is 6.34. The number of rotatable bonds is 2. The highest BCUT2D eigenvalue weighted by Gasteiger charge is 2.16. The van der Waals surface area contributed by atoms with Crippen LogP contribution in [-0.2, 0) is 7.05 Å². The van der Waals surface area contributed by atoms with Crippen molar-refractivity contribution in [2.75, 3.05) is 0 Å². The average molecular weight is 229 g/mol. The summed E-state index contributed by atoms with van der Waals surface area (Å²) in [6.45, 7) is 6.22. The minimum Gasteiger partial charge on any atom is -0.319 e. The van der Waals surface area contributed by atoms with Crippen LogP contribution in [0.1, 0.15) is 34.1 Å². The van der Waals surface area contributed by atoms with Crippen molar-refractivity contribution in [3.05, 3.63) is 52.3 Å². The van der Waals surface area contributed by atoms with Crippen LogP contribution in [0.2, 0.25) is 0 Å². The Labute approximate surface area is 102 Å². The van der Waals surface area contributed by atoms with Crippen LogP contribution in [0.3, 0.4) is 0 Å². The number of aryl methyl sites for hydroxylation is 3. The van der Waals surface area contributed by atoms with Gasteiger partial charge < -0.3 is 5.73 Å². The fraction of sp³-hybridized carbons (Fsp3) is 0.357. The van der Waals surface area contributed by atoms with Crippen molar-refractivity contribution in [3.8, 4) is 0 Å². The van der Waals surface area contributed by atoms with Gasteiger partial charge in [0, 0.05) is 7.05 Å². The molecule has 2 N–H and O–H groups in total. The molecule has 0 aliphatic rings. The summed E-state index contributed by atoms with van der Waals surface area (Å²) in [5.41, 5.74) is 12.1. The van der Waals surface area contributed by atoms with E-state index in [1.807, 2.05) is 24.7 Å². The molecule has 3 nitrogen and oxygen atoms in total. The van der Waals surface area contributed by atoms with Gasteiger partial charge in [-0.1, -0.05) is 18.2 Å². The minimum atomic E-state index is -0.110. The second kappa shape index (κ2) is 4.34. The molecule has 0 bridgehead atoms. The van der Waals surface area contributed by atoms with Crippen LogP contribution in [0.25, 0.3) is 0 Å². The highest BCUT2D eigenvalue weighted by atomic mass is 15.3. The third-order valence-electron chi connectivity index (χ3n) is 3.34. The zero-order valence-electron chi connectivity index (χ0n) is 10.9. The molecular formula is C14H19N3. The third kappa shape index (κ3) is 2.11. The summed E-state index contributed by atoms with van der Waals surface area (Å²) in [6, 6.07) is 8.20. The maximum atomic E-state index is 6.34. The highest BCUT2D eigenvalue weighted by molar-refractivity contribution is 5.39. The zero-order valence-corrected chi connectivity index (χ0v) is 10.9. The van der Waals surface area contributed by atoms with E-state index in [2.05, 4.69) is 37.1 Å². The Hall–Kier alpha value is -1.61. The molecule has 0 fully saturated rings. The summed E-state index contributed by atoms with van der Waals surface area (Å²) in [4.78, 5) is 0. The Bertz CT molecular complexity index is 540. The Morgan fingerprint density at radius 2 is 1.94 bits per heavy atom. The molecule has 0 amide bonds. The van der Waals surface area contributed by atoms with Crippen LogP contribution >= 0.6 is 0 Å². The Morgan fingerprint density at radius 3 is 2.53 bits per heavy atom. The van der Waals surface area contributed by atoms with Gasteiger partial charge in [0.15, 0.2) is 0 Å². The standard InChI is InChI=1S/C14H19N3/c1-9-6-5-7-12(11(9)3)14(15)13-8-10(2)16-17(13)4/h5-8,14H,15H2,1-4H3. The van der Waals surface area contributed by atoms with E-state index in [0.717, 1.165) is 11.4 Å². The van der Waals surface area contributed by atoms with Crippen molar-refractivity contribution in [3.63, 3.8) is 0 Å². The van der Waals surface area contributed by atoms with Crippen LogP contribution in [0.4, 0.5) is 0 Å². The van der Waals surface area contributed by atoms with Gasteiger partial charge in [-0.25, -0.2) is 0 Å². The summed E-state index contributed by atoms with van der Waals surface area (Å²) in [7, 11) is 1.94. The number of hydrogen-bond acceptors (Lipinski definition) is 2. The molecule has 17 heavy (non-hydrogen) atoms. The van der Waals surface area contributed by atoms with Crippen LogP contribution in [0.5, 0.6) is 0 Å². The molecule has 2 rings (SSSR count). The van der Waals surface area contributed by atoms with E-state index in [4.69, 9.17) is 5.73 Å². The first-order valence-corrected chi connectivity index (χ1v) is 5.83. The number of nitrogens with zero attached hydrogens (tertiary/aromatic N) is 2. The van der Waals surface area contributed by atoms with Crippen LogP contribution in [-0.4, -0.2) is 9.78 Å². The summed E-state index contributed by atoms with van der Waals surface area (Å²) in [5.74, 6) is 0. The molecule has 3 heteroatoms. The molecule has 1 aromatic carbocycles. The summed E-state index contributed by atoms with van der Waals surface area (Å²) >= 11 is 0. The van der Waals surface area contributed by atoms with E-state index in [9.17, 15) is 0 Å². The van der Waals surface area contributed by atoms with Gasteiger partial charge in [0.25, 0.3) is 0 Å². The monoisotopic (exact) mass is 229 g/mol. The van der Waals surface area contributed by atoms with E-state index < -0.39 is 0 Å². The lowest BCUT2D eigenvalue weighted by Crippen LogP contribution is -2.17. The van der Waals surface area contributed by atoms with Gasteiger partial charge in [-0.15, -0.1) is 0 Å². The third-order valence-corrected chi connectivity index (χ3v) is 3.34. The van der Waals surface area contributed by atoms with Gasteiger partial charge in [-0.3, -0.25) is 4.68 Å². The molecule has 0 saturated carbocycles. The first-order chi connectivity index (χ1) is 8.00. The van der Waals surface area contributed by atoms with Gasteiger partial charge >= 0.3 is 0 Å². The molecule has 90 valence electrons. The molecule has 0 aliphatic carbocycles. The number of hydrogen-bond donors (Lipinski definition) is 1. The van der Waals surface area contributed by atoms with E-state index in [-0.39, 0.29) is 6.04 Å². The van der Waals surface area contributed by atoms with Crippen molar-refractivity contribution in [2.45, 2.75) is 26.8 Å². The van der Waals surface area contributed by atoms with Crippen LogP contribution < -0.4 is 5.73 Å². The smallest absolute Gasteiger partial charge is 0.0725 e. The van der Waals surface area contributed by atoms with E-state index in [1.54, 1.807) is 0 Å². The quantitative estimate of drug-likeness (QED) is 0.859. The van der Waals surface area contributed by atoms with E-state index in [0.29, 0.717) is 0 Å². The first-order valence-electron chi connectivity index (χ1n) is 5.83. The number of aromatic nitrogens is 2. The highest BCUT2D eigenvalue weighted by Crippen LogP contribution is 2.24. The van der Waals surface area contributed by atoms with Crippen molar-refractivity contribution in [1.82, 2.24) is 9.78 Å². The van der Waals surface area contributed by atoms with Crippen molar-refractivity contribution in [2.24, 2.45) is 12.8 Å². The van der Waals surface area contributed by atoms with Gasteiger partial charge in [0.2, 0.25) is 0 Å². The Morgan fingerprint density at radius 1 is 1.24 bits per heavy atom. The lowest BCUT2D eigenvalue weighted by molar-refractivity contribution is 0.667. The van der Waals surface area contributed by atoms with Crippen molar-refractivity contribution >= 4 is 0 Å². The maximum Gasteiger partial charge on any atom is 0.0725 e. The van der Waals surface area contributed by atoms with Crippen LogP contribution in [0, 0.1) is 20.8 Å². The Balaban J connectivity index is 2.47. The second-order valence-electron chi connectivity index (χ2n) is 4.60. The SMILES string of the molecule is Cc1cc(C(N)c2cccc(C)c2C)n(C)n1. The van der Waals surface area contributed by atoms with Gasteiger partial charge in [-0.2, -0.15) is 5.10 Å². The Kier molecular flexibility index (Phi) is 3.03. The minimum absolute atomic E-state index is 0.110. The summed E-state index contributed by atoms with van der Waals surface area (Å²) in [5, 5.41) is 4.35. The zero-order chi connectivity index (χ0) is 12.6. The predicted octanol–water partition coefficient (Wildman–Crippen LogP) is 2.39. The first kappa shape index (κ1) is 11.9. The van der Waals surface area contributed by atoms with Crippen molar-refractivity contribution in [1.29, 1.82) is 0 Å². The van der Waals surface area contributed by atoms with Crippen molar-refractivity contribution < 1.29 is 0 Å². The molecule has 0 spiro atoms. The molecule has 1 aromatic heterocycles. The second-order valence-corrected chi connectivity index (χ2v) is 4.60. The fourth-order valence-electron chi connectivity index (χ4n) is 2.19. The van der Waals surface area contributed by atoms with Crippen LogP contribution in [0.15, 0.2) is 24.3 Å². The number of nitrogens with two attached hydrogens (primary N) is 1. The molecule has 0 saturated heterocycles. The lowest BCUT2D eigenvalue weighted by atomic mass is 9.96. The predicted molar refractivity (Wildman–Crippen MR) is 69.9 cm³/mol. The van der Waals surface area contributed by atoms with E-state index >= 15 is 0 Å². The number of benzene rings is 1. The topological polar surface area (TPSA) is 43.8 Å². The molecule has 0 radical (unpaired) electrons. The molecular weight excluding hydrogens is 210 g/mol.